The largest absolute Gasteiger partial charge is 0.300 e. The quantitative estimate of drug-likeness (QED) is 0.370. The predicted molar refractivity (Wildman–Crippen MR) is 109 cm³/mol. The van der Waals surface area contributed by atoms with Crippen molar-refractivity contribution in [3.63, 3.8) is 0 Å². The van der Waals surface area contributed by atoms with E-state index in [1.54, 1.807) is 0 Å². The first-order chi connectivity index (χ1) is 12.1. The topological polar surface area (TPSA) is 4.93 Å². The van der Waals surface area contributed by atoms with Crippen LogP contribution < -0.4 is 0 Å². The number of aromatic nitrogens is 1. The van der Waals surface area contributed by atoms with E-state index in [1.807, 2.05) is 6.07 Å². The summed E-state index contributed by atoms with van der Waals surface area (Å²) in [6.45, 7) is 4.21. The van der Waals surface area contributed by atoms with E-state index >= 15 is 0 Å². The highest BCUT2D eigenvalue weighted by Gasteiger charge is 2.10. The lowest BCUT2D eigenvalue weighted by Crippen LogP contribution is -2.02. The Hall–Kier alpha value is -2.71. The maximum absolute atomic E-state index is 5.88. The van der Waals surface area contributed by atoms with Gasteiger partial charge in [0.1, 0.15) is 4.64 Å². The van der Waals surface area contributed by atoms with Gasteiger partial charge in [-0.2, -0.15) is 0 Å². The van der Waals surface area contributed by atoms with Crippen LogP contribution in [0.2, 0.25) is 0 Å². The van der Waals surface area contributed by atoms with Crippen LogP contribution >= 0.6 is 12.2 Å². The van der Waals surface area contributed by atoms with Gasteiger partial charge in [0.05, 0.1) is 5.69 Å². The molecule has 4 aromatic rings. The van der Waals surface area contributed by atoms with E-state index in [1.165, 1.54) is 22.1 Å². The molecule has 0 radical (unpaired) electrons. The molecule has 0 aliphatic carbocycles. The number of aryl methyl sites for hydroxylation is 2. The zero-order chi connectivity index (χ0) is 17.4. The van der Waals surface area contributed by atoms with Gasteiger partial charge in [0.25, 0.3) is 0 Å². The van der Waals surface area contributed by atoms with E-state index in [9.17, 15) is 0 Å². The first-order valence-corrected chi connectivity index (χ1v) is 8.83. The third-order valence-electron chi connectivity index (χ3n) is 4.57. The van der Waals surface area contributed by atoms with Gasteiger partial charge in [-0.3, -0.25) is 0 Å². The third kappa shape index (κ3) is 2.90. The van der Waals surface area contributed by atoms with Crippen molar-refractivity contribution in [2.75, 3.05) is 0 Å². The lowest BCUT2D eigenvalue weighted by Gasteiger charge is -2.17. The zero-order valence-electron chi connectivity index (χ0n) is 14.4. The maximum Gasteiger partial charge on any atom is 0.118 e. The standard InChI is InChI=1S/C23H19NS/c1-16-7-11-18(12-8-16)22-15-19-5-3-4-6-21(19)23(25)24(22)20-13-9-17(2)10-14-20/h3-15H,1-2H3. The minimum absolute atomic E-state index is 0.845. The van der Waals surface area contributed by atoms with Crippen LogP contribution in [0.15, 0.2) is 78.9 Å². The Bertz CT molecular complexity index is 1100. The van der Waals surface area contributed by atoms with Crippen LogP contribution in [-0.4, -0.2) is 4.57 Å². The molecule has 0 bridgehead atoms. The molecule has 3 aromatic carbocycles. The van der Waals surface area contributed by atoms with Crippen molar-refractivity contribution in [2.24, 2.45) is 0 Å². The van der Waals surface area contributed by atoms with Crippen molar-refractivity contribution in [3.05, 3.63) is 94.6 Å². The van der Waals surface area contributed by atoms with Gasteiger partial charge in [0.15, 0.2) is 0 Å². The van der Waals surface area contributed by atoms with E-state index in [0.717, 1.165) is 21.4 Å². The van der Waals surface area contributed by atoms with Gasteiger partial charge in [-0.05, 0) is 43.0 Å². The fraction of sp³-hybridized carbons (Fsp3) is 0.0870. The van der Waals surface area contributed by atoms with E-state index in [0.29, 0.717) is 0 Å². The lowest BCUT2D eigenvalue weighted by atomic mass is 10.0. The Labute approximate surface area is 153 Å². The first kappa shape index (κ1) is 15.8. The number of hydrogen-bond acceptors (Lipinski definition) is 1. The molecule has 0 atom stereocenters. The molecule has 0 unspecified atom stereocenters. The predicted octanol–water partition coefficient (Wildman–Crippen LogP) is 6.64. The summed E-state index contributed by atoms with van der Waals surface area (Å²) in [4.78, 5) is 0. The Morgan fingerprint density at radius 2 is 1.32 bits per heavy atom. The van der Waals surface area contributed by atoms with Gasteiger partial charge in [-0.25, -0.2) is 0 Å². The molecule has 122 valence electrons. The Morgan fingerprint density at radius 1 is 0.720 bits per heavy atom. The van der Waals surface area contributed by atoms with Gasteiger partial charge >= 0.3 is 0 Å². The Balaban J connectivity index is 2.09. The van der Waals surface area contributed by atoms with Crippen LogP contribution in [0.5, 0.6) is 0 Å². The summed E-state index contributed by atoms with van der Waals surface area (Å²) in [5.41, 5.74) is 5.88. The van der Waals surface area contributed by atoms with Crippen molar-refractivity contribution < 1.29 is 0 Å². The van der Waals surface area contributed by atoms with Crippen molar-refractivity contribution in [1.82, 2.24) is 4.57 Å². The van der Waals surface area contributed by atoms with Crippen molar-refractivity contribution in [1.29, 1.82) is 0 Å². The van der Waals surface area contributed by atoms with Crippen molar-refractivity contribution in [3.8, 4) is 16.9 Å². The summed E-state index contributed by atoms with van der Waals surface area (Å²) in [5, 5.41) is 2.28. The van der Waals surface area contributed by atoms with Gasteiger partial charge in [-0.15, -0.1) is 0 Å². The van der Waals surface area contributed by atoms with E-state index in [2.05, 4.69) is 91.2 Å². The second kappa shape index (κ2) is 6.30. The van der Waals surface area contributed by atoms with Crippen LogP contribution in [0.3, 0.4) is 0 Å². The number of rotatable bonds is 2. The van der Waals surface area contributed by atoms with E-state index in [-0.39, 0.29) is 0 Å². The normalized spacial score (nSPS) is 11.0. The molecule has 0 aliphatic rings. The molecule has 0 aliphatic heterocycles. The van der Waals surface area contributed by atoms with Crippen LogP contribution in [-0.2, 0) is 0 Å². The minimum atomic E-state index is 0.845. The average Bonchev–Trinajstić information content (AvgIpc) is 2.63. The summed E-state index contributed by atoms with van der Waals surface area (Å²) in [6.07, 6.45) is 0. The summed E-state index contributed by atoms with van der Waals surface area (Å²) in [5.74, 6) is 0. The number of pyridine rings is 1. The molecule has 4 rings (SSSR count). The molecule has 0 spiro atoms. The molecule has 0 N–H and O–H groups in total. The highest BCUT2D eigenvalue weighted by Crippen LogP contribution is 2.29. The molecule has 1 nitrogen and oxygen atoms in total. The maximum atomic E-state index is 5.88. The van der Waals surface area contributed by atoms with Crippen molar-refractivity contribution in [2.45, 2.75) is 13.8 Å². The zero-order valence-corrected chi connectivity index (χ0v) is 15.2. The number of hydrogen-bond donors (Lipinski definition) is 0. The number of nitrogens with zero attached hydrogens (tertiary/aromatic N) is 1. The molecule has 0 saturated heterocycles. The molecule has 25 heavy (non-hydrogen) atoms. The molecule has 0 saturated carbocycles. The van der Waals surface area contributed by atoms with E-state index in [4.69, 9.17) is 12.2 Å². The second-order valence-corrected chi connectivity index (χ2v) is 6.85. The Morgan fingerprint density at radius 3 is 2.00 bits per heavy atom. The SMILES string of the molecule is Cc1ccc(-c2cc3ccccc3c(=S)n2-c2ccc(C)cc2)cc1. The average molecular weight is 341 g/mol. The van der Waals surface area contributed by atoms with Crippen molar-refractivity contribution >= 4 is 23.0 Å². The Kier molecular flexibility index (Phi) is 3.98. The molecule has 1 heterocycles. The molecular weight excluding hydrogens is 322 g/mol. The summed E-state index contributed by atoms with van der Waals surface area (Å²) in [7, 11) is 0. The highest BCUT2D eigenvalue weighted by atomic mass is 32.1. The summed E-state index contributed by atoms with van der Waals surface area (Å²) in [6, 6.07) is 27.7. The van der Waals surface area contributed by atoms with Crippen LogP contribution in [0.1, 0.15) is 11.1 Å². The van der Waals surface area contributed by atoms with Crippen LogP contribution in [0.25, 0.3) is 27.7 Å². The molecule has 0 amide bonds. The molecule has 1 aromatic heterocycles. The fourth-order valence-corrected chi connectivity index (χ4v) is 3.54. The molecule has 0 fully saturated rings. The van der Waals surface area contributed by atoms with Crippen LogP contribution in [0, 0.1) is 18.5 Å². The number of fused-ring (bicyclic) bond motifs is 1. The molecule has 2 heteroatoms. The first-order valence-electron chi connectivity index (χ1n) is 8.42. The highest BCUT2D eigenvalue weighted by molar-refractivity contribution is 7.71. The van der Waals surface area contributed by atoms with Crippen LogP contribution in [0.4, 0.5) is 0 Å². The summed E-state index contributed by atoms with van der Waals surface area (Å²) >= 11 is 5.88. The van der Waals surface area contributed by atoms with Gasteiger partial charge in [0.2, 0.25) is 0 Å². The van der Waals surface area contributed by atoms with E-state index < -0.39 is 0 Å². The monoisotopic (exact) mass is 341 g/mol. The van der Waals surface area contributed by atoms with Gasteiger partial charge in [-0.1, -0.05) is 84.0 Å². The number of benzene rings is 3. The lowest BCUT2D eigenvalue weighted by molar-refractivity contribution is 1.05. The fourth-order valence-electron chi connectivity index (χ4n) is 3.15. The van der Waals surface area contributed by atoms with Gasteiger partial charge < -0.3 is 4.57 Å². The van der Waals surface area contributed by atoms with Gasteiger partial charge in [0, 0.05) is 11.1 Å². The third-order valence-corrected chi connectivity index (χ3v) is 4.97. The molecular formula is C23H19NS. The summed E-state index contributed by atoms with van der Waals surface area (Å²) < 4.78 is 3.03. The smallest absolute Gasteiger partial charge is 0.118 e. The minimum Gasteiger partial charge on any atom is -0.300 e. The second-order valence-electron chi connectivity index (χ2n) is 6.46.